The fraction of sp³-hybridized carbons (Fsp3) is 1.00. The molecule has 0 aromatic rings. The van der Waals surface area contributed by atoms with Gasteiger partial charge < -0.3 is 25.2 Å². The molecule has 5 nitrogen and oxygen atoms in total. The topological polar surface area (TPSA) is 90.2 Å². The van der Waals surface area contributed by atoms with E-state index in [1.807, 2.05) is 0 Å². The first kappa shape index (κ1) is 10.8. The molecule has 0 bridgehead atoms. The molecule has 0 aromatic heterocycles. The molecule has 0 rings (SSSR count). The molecule has 0 heterocycles. The zero-order valence-electron chi connectivity index (χ0n) is 6.40. The molecule has 0 aliphatic heterocycles. The van der Waals surface area contributed by atoms with E-state index in [1.165, 1.54) is 6.92 Å². The molecule has 4 N–H and O–H groups in total. The summed E-state index contributed by atoms with van der Waals surface area (Å²) in [6.07, 6.45) is -0.850. The van der Waals surface area contributed by atoms with Gasteiger partial charge in [-0.1, -0.05) is 0 Å². The normalized spacial score (nSPS) is 16.9. The zero-order chi connectivity index (χ0) is 8.91. The highest BCUT2D eigenvalue weighted by atomic mass is 16.6. The minimum atomic E-state index is -1.70. The van der Waals surface area contributed by atoms with Gasteiger partial charge in [0.2, 0.25) is 0 Å². The number of aliphatic hydroxyl groups is 4. The molecule has 0 spiro atoms. The predicted molar refractivity (Wildman–Crippen MR) is 36.8 cm³/mol. The van der Waals surface area contributed by atoms with Gasteiger partial charge in [-0.25, -0.2) is 0 Å². The Morgan fingerprint density at radius 3 is 2.00 bits per heavy atom. The van der Waals surface area contributed by atoms with Gasteiger partial charge in [0.15, 0.2) is 5.79 Å². The fourth-order valence-electron chi connectivity index (χ4n) is 0.529. The maximum absolute atomic E-state index is 9.06. The van der Waals surface area contributed by atoms with E-state index in [0.29, 0.717) is 0 Å². The van der Waals surface area contributed by atoms with Gasteiger partial charge in [0.1, 0.15) is 6.10 Å². The molecule has 0 aromatic carbocycles. The molecule has 0 aliphatic rings. The number of rotatable bonds is 5. The van der Waals surface area contributed by atoms with E-state index in [2.05, 4.69) is 0 Å². The molecule has 0 amide bonds. The third kappa shape index (κ3) is 4.28. The van der Waals surface area contributed by atoms with Gasteiger partial charge in [0.25, 0.3) is 0 Å². The van der Waals surface area contributed by atoms with Crippen LogP contribution in [-0.4, -0.2) is 52.1 Å². The first-order chi connectivity index (χ1) is 5.05. The Kier molecular flexibility index (Phi) is 4.55. The Bertz CT molecular complexity index is 99.1. The van der Waals surface area contributed by atoms with Crippen LogP contribution in [0.5, 0.6) is 0 Å². The van der Waals surface area contributed by atoms with E-state index in [0.717, 1.165) is 0 Å². The first-order valence-corrected chi connectivity index (χ1v) is 3.28. The Hall–Kier alpha value is -0.200. The molecule has 68 valence electrons. The average Bonchev–Trinajstić information content (AvgIpc) is 2.00. The van der Waals surface area contributed by atoms with Crippen LogP contribution in [0.15, 0.2) is 0 Å². The van der Waals surface area contributed by atoms with Crippen LogP contribution in [0.4, 0.5) is 0 Å². The summed E-state index contributed by atoms with van der Waals surface area (Å²) in [4.78, 5) is 0. The lowest BCUT2D eigenvalue weighted by molar-refractivity contribution is -0.246. The summed E-state index contributed by atoms with van der Waals surface area (Å²) in [5.41, 5.74) is 0. The standard InChI is InChI=1S/C6H14O5/c1-6(10,4-9)11-5(2-7)3-8/h5,7-10H,2-4H2,1H3/t6-/m1/s1. The summed E-state index contributed by atoms with van der Waals surface area (Å²) in [6, 6.07) is 0. The number of hydrogen-bond donors (Lipinski definition) is 4. The molecule has 0 unspecified atom stereocenters. The second kappa shape index (κ2) is 4.63. The van der Waals surface area contributed by atoms with Crippen LogP contribution in [0.1, 0.15) is 6.92 Å². The summed E-state index contributed by atoms with van der Waals surface area (Å²) < 4.78 is 4.69. The van der Waals surface area contributed by atoms with E-state index >= 15 is 0 Å². The van der Waals surface area contributed by atoms with Crippen LogP contribution >= 0.6 is 0 Å². The lowest BCUT2D eigenvalue weighted by atomic mass is 10.3. The van der Waals surface area contributed by atoms with E-state index in [9.17, 15) is 0 Å². The van der Waals surface area contributed by atoms with E-state index in [4.69, 9.17) is 25.2 Å². The summed E-state index contributed by atoms with van der Waals surface area (Å²) in [5.74, 6) is -1.70. The van der Waals surface area contributed by atoms with Crippen molar-refractivity contribution in [3.8, 4) is 0 Å². The summed E-state index contributed by atoms with van der Waals surface area (Å²) >= 11 is 0. The number of hydrogen-bond acceptors (Lipinski definition) is 5. The highest BCUT2D eigenvalue weighted by molar-refractivity contribution is 4.62. The van der Waals surface area contributed by atoms with Crippen LogP contribution in [0.25, 0.3) is 0 Å². The molecule has 1 atom stereocenters. The van der Waals surface area contributed by atoms with Crippen molar-refractivity contribution >= 4 is 0 Å². The van der Waals surface area contributed by atoms with Crippen molar-refractivity contribution in [2.24, 2.45) is 0 Å². The molecular formula is C6H14O5. The van der Waals surface area contributed by atoms with Crippen LogP contribution in [0, 0.1) is 0 Å². The van der Waals surface area contributed by atoms with Crippen molar-refractivity contribution in [1.29, 1.82) is 0 Å². The Labute approximate surface area is 64.9 Å². The van der Waals surface area contributed by atoms with Crippen LogP contribution < -0.4 is 0 Å². The van der Waals surface area contributed by atoms with E-state index in [1.54, 1.807) is 0 Å². The van der Waals surface area contributed by atoms with Crippen molar-refractivity contribution in [3.63, 3.8) is 0 Å². The smallest absolute Gasteiger partial charge is 0.186 e. The van der Waals surface area contributed by atoms with Crippen molar-refractivity contribution in [1.82, 2.24) is 0 Å². The maximum atomic E-state index is 9.06. The Balaban J connectivity index is 3.79. The van der Waals surface area contributed by atoms with Gasteiger partial charge in [0, 0.05) is 0 Å². The largest absolute Gasteiger partial charge is 0.394 e. The van der Waals surface area contributed by atoms with Crippen LogP contribution in [-0.2, 0) is 4.74 Å². The van der Waals surface area contributed by atoms with Gasteiger partial charge in [-0.05, 0) is 6.92 Å². The van der Waals surface area contributed by atoms with Gasteiger partial charge in [-0.2, -0.15) is 0 Å². The molecular weight excluding hydrogens is 152 g/mol. The van der Waals surface area contributed by atoms with Crippen molar-refractivity contribution in [2.75, 3.05) is 19.8 Å². The van der Waals surface area contributed by atoms with Crippen molar-refractivity contribution < 1.29 is 25.2 Å². The summed E-state index contributed by atoms with van der Waals surface area (Å²) in [7, 11) is 0. The van der Waals surface area contributed by atoms with Crippen LogP contribution in [0.3, 0.4) is 0 Å². The SMILES string of the molecule is C[C@](O)(CO)OC(CO)CO. The number of ether oxygens (including phenoxy) is 1. The second-order valence-electron chi connectivity index (χ2n) is 2.44. The van der Waals surface area contributed by atoms with Gasteiger partial charge >= 0.3 is 0 Å². The Morgan fingerprint density at radius 1 is 1.27 bits per heavy atom. The zero-order valence-corrected chi connectivity index (χ0v) is 6.40. The minimum absolute atomic E-state index is 0.396. The monoisotopic (exact) mass is 166 g/mol. The van der Waals surface area contributed by atoms with Gasteiger partial charge in [0.05, 0.1) is 19.8 Å². The molecule has 0 saturated carbocycles. The highest BCUT2D eigenvalue weighted by Crippen LogP contribution is 2.07. The second-order valence-corrected chi connectivity index (χ2v) is 2.44. The number of aliphatic hydroxyl groups excluding tert-OH is 3. The summed E-state index contributed by atoms with van der Waals surface area (Å²) in [6.45, 7) is -0.131. The molecule has 5 heteroatoms. The quantitative estimate of drug-likeness (QED) is 0.357. The first-order valence-electron chi connectivity index (χ1n) is 3.28. The molecule has 0 radical (unpaired) electrons. The van der Waals surface area contributed by atoms with Crippen molar-refractivity contribution in [3.05, 3.63) is 0 Å². The van der Waals surface area contributed by atoms with Crippen molar-refractivity contribution in [2.45, 2.75) is 18.8 Å². The Morgan fingerprint density at radius 2 is 1.73 bits per heavy atom. The summed E-state index contributed by atoms with van der Waals surface area (Å²) in [5, 5.41) is 34.6. The lowest BCUT2D eigenvalue weighted by Gasteiger charge is -2.25. The third-order valence-corrected chi connectivity index (χ3v) is 1.12. The van der Waals surface area contributed by atoms with Crippen LogP contribution in [0.2, 0.25) is 0 Å². The molecule has 0 saturated heterocycles. The third-order valence-electron chi connectivity index (χ3n) is 1.12. The maximum Gasteiger partial charge on any atom is 0.186 e. The lowest BCUT2D eigenvalue weighted by Crippen LogP contribution is -2.39. The molecule has 0 aliphatic carbocycles. The molecule has 11 heavy (non-hydrogen) atoms. The van der Waals surface area contributed by atoms with Gasteiger partial charge in [-0.3, -0.25) is 0 Å². The highest BCUT2D eigenvalue weighted by Gasteiger charge is 2.23. The molecule has 0 fully saturated rings. The average molecular weight is 166 g/mol. The van der Waals surface area contributed by atoms with E-state index in [-0.39, 0.29) is 0 Å². The predicted octanol–water partition coefficient (Wildman–Crippen LogP) is -1.94. The minimum Gasteiger partial charge on any atom is -0.394 e. The van der Waals surface area contributed by atoms with Gasteiger partial charge in [-0.15, -0.1) is 0 Å². The fourth-order valence-corrected chi connectivity index (χ4v) is 0.529. The van der Waals surface area contributed by atoms with E-state index < -0.39 is 31.7 Å².